The lowest BCUT2D eigenvalue weighted by molar-refractivity contribution is -0.113. The summed E-state index contributed by atoms with van der Waals surface area (Å²) in [5, 5.41) is 6.18. The summed E-state index contributed by atoms with van der Waals surface area (Å²) in [6.45, 7) is 10.1. The Labute approximate surface area is 238 Å². The molecule has 0 fully saturated rings. The maximum absolute atomic E-state index is 13.5. The van der Waals surface area contributed by atoms with Crippen LogP contribution in [0.1, 0.15) is 46.8 Å². The molecule has 1 N–H and O–H groups in total. The number of hydrogen-bond acceptors (Lipinski definition) is 9. The predicted molar refractivity (Wildman–Crippen MR) is 157 cm³/mol. The molecule has 0 saturated heterocycles. The Hall–Kier alpha value is -3.15. The summed E-state index contributed by atoms with van der Waals surface area (Å²) in [6.07, 6.45) is 4.58. The van der Waals surface area contributed by atoms with Crippen molar-refractivity contribution in [1.29, 1.82) is 0 Å². The molecule has 1 atom stereocenters. The molecule has 0 aromatic carbocycles. The van der Waals surface area contributed by atoms with Gasteiger partial charge in [-0.15, -0.1) is 29.3 Å². The van der Waals surface area contributed by atoms with Gasteiger partial charge in [0.1, 0.15) is 26.9 Å². The van der Waals surface area contributed by atoms with Crippen molar-refractivity contribution in [3.05, 3.63) is 62.3 Å². The van der Waals surface area contributed by atoms with Crippen molar-refractivity contribution in [3.8, 4) is 11.3 Å². The number of allylic oxidation sites excluding steroid dienone is 1. The summed E-state index contributed by atoms with van der Waals surface area (Å²) in [5.74, 6) is 0.978. The quantitative estimate of drug-likeness (QED) is 0.107. The Morgan fingerprint density at radius 2 is 2.21 bits per heavy atom. The van der Waals surface area contributed by atoms with Gasteiger partial charge in [0.15, 0.2) is 5.16 Å². The molecule has 204 valence electrons. The monoisotopic (exact) mass is 583 g/mol. The lowest BCUT2D eigenvalue weighted by atomic mass is 9.89. The Balaban J connectivity index is 1.40. The van der Waals surface area contributed by atoms with E-state index in [0.29, 0.717) is 45.1 Å². The molecular formula is C28H29N3O5S3. The minimum Gasteiger partial charge on any atom is -0.462 e. The van der Waals surface area contributed by atoms with Crippen LogP contribution in [0.25, 0.3) is 21.5 Å². The van der Waals surface area contributed by atoms with Gasteiger partial charge in [-0.1, -0.05) is 24.8 Å². The van der Waals surface area contributed by atoms with E-state index in [1.165, 1.54) is 28.0 Å². The number of thiophene rings is 2. The fraction of sp³-hybridized carbons (Fsp3) is 0.357. The van der Waals surface area contributed by atoms with Crippen molar-refractivity contribution < 1.29 is 18.7 Å². The number of hydrogen-bond donors (Lipinski definition) is 1. The van der Waals surface area contributed by atoms with Gasteiger partial charge in [0.25, 0.3) is 5.56 Å². The number of thioether (sulfide) groups is 1. The largest absolute Gasteiger partial charge is 0.462 e. The molecule has 1 aliphatic rings. The van der Waals surface area contributed by atoms with Crippen LogP contribution < -0.4 is 10.9 Å². The smallest absolute Gasteiger partial charge is 0.341 e. The highest BCUT2D eigenvalue weighted by Gasteiger charge is 2.26. The molecular weight excluding hydrogens is 555 g/mol. The Morgan fingerprint density at radius 3 is 2.92 bits per heavy atom. The fourth-order valence-corrected chi connectivity index (χ4v) is 7.90. The maximum atomic E-state index is 13.5. The highest BCUT2D eigenvalue weighted by molar-refractivity contribution is 7.99. The van der Waals surface area contributed by atoms with Crippen molar-refractivity contribution in [2.45, 2.75) is 51.7 Å². The number of fused-ring (bicyclic) bond motifs is 3. The average molecular weight is 584 g/mol. The molecule has 39 heavy (non-hydrogen) atoms. The number of aryl methyl sites for hydroxylation is 2. The van der Waals surface area contributed by atoms with Crippen LogP contribution in [-0.4, -0.2) is 33.8 Å². The van der Waals surface area contributed by atoms with E-state index in [1.807, 2.05) is 13.0 Å². The second-order valence-electron chi connectivity index (χ2n) is 9.45. The number of carbonyl (C=O) groups is 2. The number of nitrogens with one attached hydrogen (secondary N) is 1. The summed E-state index contributed by atoms with van der Waals surface area (Å²) in [5.41, 5.74) is 1.87. The number of nitrogens with zero attached hydrogens (tertiary/aromatic N) is 2. The summed E-state index contributed by atoms with van der Waals surface area (Å²) in [4.78, 5) is 46.1. The number of anilines is 1. The Kier molecular flexibility index (Phi) is 8.11. The first-order valence-electron chi connectivity index (χ1n) is 12.7. The topological polar surface area (TPSA) is 103 Å². The summed E-state index contributed by atoms with van der Waals surface area (Å²) in [7, 11) is 0. The van der Waals surface area contributed by atoms with Gasteiger partial charge in [-0.25, -0.2) is 9.78 Å². The minimum atomic E-state index is -0.534. The van der Waals surface area contributed by atoms with Crippen LogP contribution in [0.4, 0.5) is 5.00 Å². The van der Waals surface area contributed by atoms with Gasteiger partial charge >= 0.3 is 5.97 Å². The molecule has 8 nitrogen and oxygen atoms in total. The summed E-state index contributed by atoms with van der Waals surface area (Å²) >= 11 is 4.01. The maximum Gasteiger partial charge on any atom is 0.341 e. The van der Waals surface area contributed by atoms with Crippen LogP contribution in [0.15, 0.2) is 44.5 Å². The molecule has 4 aromatic heterocycles. The molecule has 4 aromatic rings. The van der Waals surface area contributed by atoms with Crippen LogP contribution in [0, 0.1) is 12.8 Å². The van der Waals surface area contributed by atoms with Crippen LogP contribution in [0.5, 0.6) is 0 Å². The third kappa shape index (κ3) is 5.48. The molecule has 0 aliphatic heterocycles. The molecule has 0 spiro atoms. The number of carbonyl (C=O) groups excluding carboxylic acids is 2. The highest BCUT2D eigenvalue weighted by Crippen LogP contribution is 2.38. The lowest BCUT2D eigenvalue weighted by Gasteiger charge is -2.17. The minimum absolute atomic E-state index is 0.00652. The lowest BCUT2D eigenvalue weighted by Crippen LogP contribution is -2.24. The molecule has 1 aliphatic carbocycles. The van der Waals surface area contributed by atoms with E-state index < -0.39 is 5.97 Å². The summed E-state index contributed by atoms with van der Waals surface area (Å²) < 4.78 is 12.6. The van der Waals surface area contributed by atoms with Gasteiger partial charge in [-0.05, 0) is 56.7 Å². The number of amides is 1. The third-order valence-electron chi connectivity index (χ3n) is 6.55. The van der Waals surface area contributed by atoms with E-state index in [0.717, 1.165) is 29.7 Å². The highest BCUT2D eigenvalue weighted by atomic mass is 32.2. The van der Waals surface area contributed by atoms with Gasteiger partial charge in [-0.2, -0.15) is 0 Å². The second-order valence-corrected chi connectivity index (χ2v) is 12.4. The Bertz CT molecular complexity index is 1630. The van der Waals surface area contributed by atoms with Crippen molar-refractivity contribution in [3.63, 3.8) is 0 Å². The third-order valence-corrected chi connectivity index (χ3v) is 9.57. The SMILES string of the molecule is C=CCn1c(SCC(=O)Nc2scc(-c3ccc(C)o3)c2C(=O)OCC)nc2sc3c(c2c1=O)CC[C@@H](C)C3. The van der Waals surface area contributed by atoms with E-state index in [2.05, 4.69) is 18.8 Å². The molecule has 4 heterocycles. The molecule has 11 heteroatoms. The van der Waals surface area contributed by atoms with E-state index in [4.69, 9.17) is 14.1 Å². The zero-order valence-electron chi connectivity index (χ0n) is 22.0. The molecule has 0 saturated carbocycles. The molecule has 5 rings (SSSR count). The van der Waals surface area contributed by atoms with Gasteiger partial charge in [0.05, 0.1) is 17.7 Å². The first-order valence-corrected chi connectivity index (χ1v) is 15.4. The molecule has 1 amide bonds. The van der Waals surface area contributed by atoms with Crippen LogP contribution in [0.3, 0.4) is 0 Å². The van der Waals surface area contributed by atoms with Gasteiger partial charge in [0.2, 0.25) is 5.91 Å². The Morgan fingerprint density at radius 1 is 1.38 bits per heavy atom. The number of rotatable bonds is 9. The zero-order valence-corrected chi connectivity index (χ0v) is 24.4. The van der Waals surface area contributed by atoms with Crippen molar-refractivity contribution >= 4 is 61.5 Å². The van der Waals surface area contributed by atoms with E-state index in [9.17, 15) is 14.4 Å². The second kappa shape index (κ2) is 11.5. The number of ether oxygens (including phenoxy) is 1. The average Bonchev–Trinajstić information content (AvgIpc) is 3.61. The van der Waals surface area contributed by atoms with Crippen molar-refractivity contribution in [2.75, 3.05) is 17.7 Å². The van der Waals surface area contributed by atoms with Gasteiger partial charge in [-0.3, -0.25) is 14.2 Å². The number of esters is 1. The van der Waals surface area contributed by atoms with E-state index in [-0.39, 0.29) is 29.4 Å². The van der Waals surface area contributed by atoms with Gasteiger partial charge in [0, 0.05) is 22.4 Å². The summed E-state index contributed by atoms with van der Waals surface area (Å²) in [6, 6.07) is 3.60. The predicted octanol–water partition coefficient (Wildman–Crippen LogP) is 6.31. The number of furan rings is 1. The van der Waals surface area contributed by atoms with E-state index >= 15 is 0 Å². The van der Waals surface area contributed by atoms with Gasteiger partial charge < -0.3 is 14.5 Å². The van der Waals surface area contributed by atoms with Crippen molar-refractivity contribution in [2.24, 2.45) is 5.92 Å². The first-order chi connectivity index (χ1) is 18.8. The fourth-order valence-electron chi connectivity index (χ4n) is 4.71. The zero-order chi connectivity index (χ0) is 27.7. The first kappa shape index (κ1) is 27.4. The standard InChI is InChI=1S/C28H29N3O5S3/c1-5-11-31-26(33)22-17-9-7-15(3)12-20(17)39-25(22)30-28(31)38-14-21(32)29-24-23(27(34)35-6-2)18(13-37-24)19-10-8-16(4)36-19/h5,8,10,13,15H,1,6-7,9,11-12,14H2,2-4H3,(H,29,32)/t15-/m1/s1. The van der Waals surface area contributed by atoms with E-state index in [1.54, 1.807) is 40.4 Å². The number of aromatic nitrogens is 2. The van der Waals surface area contributed by atoms with Crippen LogP contribution >= 0.6 is 34.4 Å². The van der Waals surface area contributed by atoms with Crippen LogP contribution in [0.2, 0.25) is 0 Å². The van der Waals surface area contributed by atoms with Crippen LogP contribution in [-0.2, 0) is 28.9 Å². The normalized spacial score (nSPS) is 14.8. The molecule has 0 radical (unpaired) electrons. The molecule has 0 bridgehead atoms. The molecule has 0 unspecified atom stereocenters. The van der Waals surface area contributed by atoms with Crippen molar-refractivity contribution in [1.82, 2.24) is 9.55 Å².